The summed E-state index contributed by atoms with van der Waals surface area (Å²) in [4.78, 5) is 17.2. The summed E-state index contributed by atoms with van der Waals surface area (Å²) in [6.07, 6.45) is 2.37. The van der Waals surface area contributed by atoms with E-state index in [0.717, 1.165) is 45.7 Å². The van der Waals surface area contributed by atoms with Crippen LogP contribution >= 0.6 is 11.8 Å². The van der Waals surface area contributed by atoms with Crippen molar-refractivity contribution in [3.63, 3.8) is 0 Å². The van der Waals surface area contributed by atoms with E-state index in [1.165, 1.54) is 0 Å². The molecule has 1 amide bonds. The van der Waals surface area contributed by atoms with E-state index in [-0.39, 0.29) is 5.91 Å². The van der Waals surface area contributed by atoms with Gasteiger partial charge in [0.05, 0.1) is 24.9 Å². The average Bonchev–Trinajstić information content (AvgIpc) is 3.25. The van der Waals surface area contributed by atoms with Gasteiger partial charge < -0.3 is 14.6 Å². The molecule has 0 fully saturated rings. The maximum atomic E-state index is 12.5. The van der Waals surface area contributed by atoms with Crippen LogP contribution in [0.15, 0.2) is 59.9 Å². The van der Waals surface area contributed by atoms with Crippen molar-refractivity contribution in [2.45, 2.75) is 18.1 Å². The summed E-state index contributed by atoms with van der Waals surface area (Å²) < 4.78 is 7.31. The Morgan fingerprint density at radius 1 is 1.23 bits per heavy atom. The SMILES string of the molecule is COc1ccc(CC(=O)Nc2ccccc2-c2cn3c(n2)SCC3)cc1. The number of carbonyl (C=O) groups excluding carboxylic acids is 1. The van der Waals surface area contributed by atoms with Gasteiger partial charge in [0.1, 0.15) is 5.75 Å². The molecule has 1 N–H and O–H groups in total. The Hall–Kier alpha value is -2.73. The largest absolute Gasteiger partial charge is 0.497 e. The Balaban J connectivity index is 1.51. The molecule has 0 aliphatic carbocycles. The number of ether oxygens (including phenoxy) is 1. The number of nitrogens with one attached hydrogen (secondary N) is 1. The molecule has 0 saturated carbocycles. The van der Waals surface area contributed by atoms with Gasteiger partial charge in [-0.1, -0.05) is 42.1 Å². The Labute approximate surface area is 156 Å². The van der Waals surface area contributed by atoms with Crippen molar-refractivity contribution in [3.8, 4) is 17.0 Å². The van der Waals surface area contributed by atoms with Gasteiger partial charge in [-0.25, -0.2) is 4.98 Å². The third-order valence-electron chi connectivity index (χ3n) is 4.30. The van der Waals surface area contributed by atoms with Crippen molar-refractivity contribution < 1.29 is 9.53 Å². The number of amides is 1. The van der Waals surface area contributed by atoms with Gasteiger partial charge in [0.25, 0.3) is 0 Å². The van der Waals surface area contributed by atoms with E-state index in [4.69, 9.17) is 9.72 Å². The maximum absolute atomic E-state index is 12.5. The van der Waals surface area contributed by atoms with Crippen molar-refractivity contribution in [1.82, 2.24) is 9.55 Å². The highest BCUT2D eigenvalue weighted by atomic mass is 32.2. The van der Waals surface area contributed by atoms with Crippen LogP contribution in [0.2, 0.25) is 0 Å². The number of hydrogen-bond donors (Lipinski definition) is 1. The average molecular weight is 365 g/mol. The predicted octanol–water partition coefficient (Wildman–Crippen LogP) is 3.85. The second-order valence-corrected chi connectivity index (χ2v) is 7.13. The van der Waals surface area contributed by atoms with Gasteiger partial charge in [0, 0.05) is 24.1 Å². The molecule has 4 rings (SSSR count). The van der Waals surface area contributed by atoms with Crippen LogP contribution in [0.3, 0.4) is 0 Å². The minimum Gasteiger partial charge on any atom is -0.497 e. The highest BCUT2D eigenvalue weighted by molar-refractivity contribution is 7.99. The summed E-state index contributed by atoms with van der Waals surface area (Å²) in [5.41, 5.74) is 3.57. The summed E-state index contributed by atoms with van der Waals surface area (Å²) in [6.45, 7) is 0.985. The zero-order valence-corrected chi connectivity index (χ0v) is 15.3. The molecule has 1 aliphatic heterocycles. The second kappa shape index (κ2) is 7.25. The van der Waals surface area contributed by atoms with Crippen LogP contribution in [0.5, 0.6) is 5.75 Å². The Kier molecular flexibility index (Phi) is 4.67. The topological polar surface area (TPSA) is 56.1 Å². The van der Waals surface area contributed by atoms with E-state index in [2.05, 4.69) is 16.1 Å². The molecule has 5 nitrogen and oxygen atoms in total. The molecule has 26 heavy (non-hydrogen) atoms. The highest BCUT2D eigenvalue weighted by Crippen LogP contribution is 2.32. The lowest BCUT2D eigenvalue weighted by Gasteiger charge is -2.10. The first-order chi connectivity index (χ1) is 12.7. The number of para-hydroxylation sites is 1. The number of aromatic nitrogens is 2. The van der Waals surface area contributed by atoms with Crippen molar-refractivity contribution in [3.05, 3.63) is 60.3 Å². The molecule has 1 aromatic heterocycles. The first kappa shape index (κ1) is 16.7. The maximum Gasteiger partial charge on any atom is 0.228 e. The quantitative estimate of drug-likeness (QED) is 0.746. The molecule has 132 valence electrons. The number of carbonyl (C=O) groups is 1. The van der Waals surface area contributed by atoms with E-state index >= 15 is 0 Å². The lowest BCUT2D eigenvalue weighted by molar-refractivity contribution is -0.115. The fraction of sp³-hybridized carbons (Fsp3) is 0.200. The first-order valence-corrected chi connectivity index (χ1v) is 9.43. The van der Waals surface area contributed by atoms with Gasteiger partial charge in [-0.05, 0) is 23.8 Å². The summed E-state index contributed by atoms with van der Waals surface area (Å²) in [5.74, 6) is 1.80. The van der Waals surface area contributed by atoms with E-state index in [1.807, 2.05) is 48.5 Å². The molecule has 0 saturated heterocycles. The number of rotatable bonds is 5. The van der Waals surface area contributed by atoms with E-state index in [1.54, 1.807) is 18.9 Å². The summed E-state index contributed by atoms with van der Waals surface area (Å²) in [5, 5.41) is 4.07. The van der Waals surface area contributed by atoms with Gasteiger partial charge in [-0.15, -0.1) is 0 Å². The normalized spacial score (nSPS) is 12.7. The third-order valence-corrected chi connectivity index (χ3v) is 5.27. The smallest absolute Gasteiger partial charge is 0.228 e. The van der Waals surface area contributed by atoms with Crippen molar-refractivity contribution >= 4 is 23.4 Å². The van der Waals surface area contributed by atoms with Gasteiger partial charge in [-0.2, -0.15) is 0 Å². The summed E-state index contributed by atoms with van der Waals surface area (Å²) in [6, 6.07) is 15.3. The molecule has 0 spiro atoms. The molecule has 0 atom stereocenters. The van der Waals surface area contributed by atoms with Gasteiger partial charge in [-0.3, -0.25) is 4.79 Å². The molecule has 6 heteroatoms. The predicted molar refractivity (Wildman–Crippen MR) is 104 cm³/mol. The zero-order chi connectivity index (χ0) is 17.9. The van der Waals surface area contributed by atoms with Crippen LogP contribution < -0.4 is 10.1 Å². The minimum atomic E-state index is -0.0521. The van der Waals surface area contributed by atoms with Gasteiger partial charge >= 0.3 is 0 Å². The number of benzene rings is 2. The van der Waals surface area contributed by atoms with Gasteiger partial charge in [0.15, 0.2) is 5.16 Å². The molecule has 0 unspecified atom stereocenters. The molecular weight excluding hydrogens is 346 g/mol. The monoisotopic (exact) mass is 365 g/mol. The van der Waals surface area contributed by atoms with Crippen LogP contribution in [-0.2, 0) is 17.8 Å². The number of nitrogens with zero attached hydrogens (tertiary/aromatic N) is 2. The van der Waals surface area contributed by atoms with Crippen molar-refractivity contribution in [1.29, 1.82) is 0 Å². The van der Waals surface area contributed by atoms with Crippen molar-refractivity contribution in [2.24, 2.45) is 0 Å². The number of fused-ring (bicyclic) bond motifs is 1. The molecule has 0 radical (unpaired) electrons. The minimum absolute atomic E-state index is 0.0521. The number of thioether (sulfide) groups is 1. The van der Waals surface area contributed by atoms with E-state index in [0.29, 0.717) is 6.42 Å². The van der Waals surface area contributed by atoms with Crippen LogP contribution in [0.25, 0.3) is 11.3 Å². The van der Waals surface area contributed by atoms with Crippen molar-refractivity contribution in [2.75, 3.05) is 18.2 Å². The highest BCUT2D eigenvalue weighted by Gasteiger charge is 2.17. The summed E-state index contributed by atoms with van der Waals surface area (Å²) in [7, 11) is 1.63. The molecule has 0 bridgehead atoms. The molecular formula is C20H19N3O2S. The third kappa shape index (κ3) is 3.46. The zero-order valence-electron chi connectivity index (χ0n) is 14.4. The fourth-order valence-corrected chi connectivity index (χ4v) is 3.92. The number of hydrogen-bond acceptors (Lipinski definition) is 4. The van der Waals surface area contributed by atoms with Crippen LogP contribution in [0.1, 0.15) is 5.56 Å². The lowest BCUT2D eigenvalue weighted by atomic mass is 10.1. The second-order valence-electron chi connectivity index (χ2n) is 6.07. The van der Waals surface area contributed by atoms with Crippen LogP contribution in [0, 0.1) is 0 Å². The number of imidazole rings is 1. The number of aryl methyl sites for hydroxylation is 1. The van der Waals surface area contributed by atoms with Crippen LogP contribution in [0.4, 0.5) is 5.69 Å². The number of anilines is 1. The van der Waals surface area contributed by atoms with E-state index in [9.17, 15) is 4.79 Å². The van der Waals surface area contributed by atoms with E-state index < -0.39 is 0 Å². The van der Waals surface area contributed by atoms with Crippen LogP contribution in [-0.4, -0.2) is 28.3 Å². The van der Waals surface area contributed by atoms with Gasteiger partial charge in [0.2, 0.25) is 5.91 Å². The Morgan fingerprint density at radius 2 is 2.04 bits per heavy atom. The first-order valence-electron chi connectivity index (χ1n) is 8.45. The lowest BCUT2D eigenvalue weighted by Crippen LogP contribution is -2.15. The fourth-order valence-electron chi connectivity index (χ4n) is 2.98. The molecule has 2 aromatic carbocycles. The molecule has 1 aliphatic rings. The number of methoxy groups -OCH3 is 1. The molecule has 2 heterocycles. The standard InChI is InChI=1S/C20H19N3O2S/c1-25-15-8-6-14(7-9-15)12-19(24)21-17-5-3-2-4-16(17)18-13-23-10-11-26-20(23)22-18/h2-9,13H,10-12H2,1H3,(H,21,24). The Bertz CT molecular complexity index is 913. The Morgan fingerprint density at radius 3 is 2.81 bits per heavy atom. The summed E-state index contributed by atoms with van der Waals surface area (Å²) >= 11 is 1.76. The molecule has 3 aromatic rings.